The Morgan fingerprint density at radius 2 is 2.00 bits per heavy atom. The fraction of sp³-hybridized carbons (Fsp3) is 0.0769. The summed E-state index contributed by atoms with van der Waals surface area (Å²) >= 11 is 9.18. The van der Waals surface area contributed by atoms with E-state index in [0.29, 0.717) is 21.7 Å². The second-order valence-electron chi connectivity index (χ2n) is 3.76. The highest BCUT2D eigenvalue weighted by Gasteiger charge is 2.03. The Kier molecular flexibility index (Phi) is 4.09. The van der Waals surface area contributed by atoms with Gasteiger partial charge in [0.15, 0.2) is 0 Å². The summed E-state index contributed by atoms with van der Waals surface area (Å²) < 4.78 is 13.7. The Morgan fingerprint density at radius 1 is 1.22 bits per heavy atom. The number of halogens is 3. The second-order valence-corrected chi connectivity index (χ2v) is 5.03. The number of nitrogens with one attached hydrogen (secondary N) is 1. The minimum Gasteiger partial charge on any atom is -0.507 e. The normalized spacial score (nSPS) is 10.4. The zero-order valence-corrected chi connectivity index (χ0v) is 11.6. The van der Waals surface area contributed by atoms with E-state index >= 15 is 0 Å². The first kappa shape index (κ1) is 13.2. The Hall–Kier alpha value is -1.26. The fourth-order valence-electron chi connectivity index (χ4n) is 1.49. The van der Waals surface area contributed by atoms with E-state index in [2.05, 4.69) is 21.2 Å². The summed E-state index contributed by atoms with van der Waals surface area (Å²) in [6.07, 6.45) is 0. The zero-order chi connectivity index (χ0) is 13.1. The third kappa shape index (κ3) is 3.15. The Balaban J connectivity index is 2.11. The van der Waals surface area contributed by atoms with E-state index in [0.717, 1.165) is 5.56 Å². The zero-order valence-electron chi connectivity index (χ0n) is 9.25. The topological polar surface area (TPSA) is 32.3 Å². The predicted octanol–water partition coefficient (Wildman–Crippen LogP) is 4.56. The van der Waals surface area contributed by atoms with Gasteiger partial charge in [-0.2, -0.15) is 0 Å². The van der Waals surface area contributed by atoms with Crippen molar-refractivity contribution in [2.24, 2.45) is 0 Å². The molecule has 2 aromatic carbocycles. The number of hydrogen-bond donors (Lipinski definition) is 2. The van der Waals surface area contributed by atoms with Gasteiger partial charge in [-0.05, 0) is 51.8 Å². The van der Waals surface area contributed by atoms with E-state index in [1.54, 1.807) is 18.2 Å². The fourth-order valence-corrected chi connectivity index (χ4v) is 2.10. The maximum absolute atomic E-state index is 13.1. The molecular weight excluding hydrogens is 321 g/mol. The van der Waals surface area contributed by atoms with Gasteiger partial charge < -0.3 is 10.4 Å². The number of phenolic OH excluding ortho intramolecular Hbond substituents is 1. The number of hydrogen-bond acceptors (Lipinski definition) is 2. The SMILES string of the molecule is Oc1ccc(CNc2cc(F)ccc2Cl)cc1Br. The third-order valence-electron chi connectivity index (χ3n) is 2.42. The summed E-state index contributed by atoms with van der Waals surface area (Å²) in [5, 5.41) is 12.9. The van der Waals surface area contributed by atoms with Gasteiger partial charge in [0, 0.05) is 6.54 Å². The molecule has 2 aromatic rings. The summed E-state index contributed by atoms with van der Waals surface area (Å²) in [4.78, 5) is 0. The molecular formula is C13H10BrClFNO. The van der Waals surface area contributed by atoms with Crippen molar-refractivity contribution in [3.8, 4) is 5.75 Å². The molecule has 2 rings (SSSR count). The van der Waals surface area contributed by atoms with Crippen molar-refractivity contribution in [1.29, 1.82) is 0 Å². The molecule has 0 saturated heterocycles. The quantitative estimate of drug-likeness (QED) is 0.864. The van der Waals surface area contributed by atoms with E-state index in [9.17, 15) is 9.50 Å². The first-order valence-electron chi connectivity index (χ1n) is 5.22. The van der Waals surface area contributed by atoms with Crippen LogP contribution in [-0.2, 0) is 6.54 Å². The van der Waals surface area contributed by atoms with Crippen molar-refractivity contribution in [2.75, 3.05) is 5.32 Å². The molecule has 0 heterocycles. The van der Waals surface area contributed by atoms with Crippen LogP contribution in [0.3, 0.4) is 0 Å². The van der Waals surface area contributed by atoms with E-state index in [1.165, 1.54) is 18.2 Å². The van der Waals surface area contributed by atoms with Crippen molar-refractivity contribution in [1.82, 2.24) is 0 Å². The molecule has 0 spiro atoms. The Bertz CT molecular complexity index is 577. The lowest BCUT2D eigenvalue weighted by Gasteiger charge is -2.09. The molecule has 18 heavy (non-hydrogen) atoms. The van der Waals surface area contributed by atoms with Crippen LogP contribution < -0.4 is 5.32 Å². The van der Waals surface area contributed by atoms with Gasteiger partial charge in [-0.25, -0.2) is 4.39 Å². The Labute approximate surface area is 118 Å². The molecule has 94 valence electrons. The van der Waals surface area contributed by atoms with Crippen LogP contribution in [0.1, 0.15) is 5.56 Å². The average molecular weight is 331 g/mol. The van der Waals surface area contributed by atoms with Gasteiger partial charge in [-0.15, -0.1) is 0 Å². The largest absolute Gasteiger partial charge is 0.507 e. The molecule has 0 atom stereocenters. The molecule has 0 bridgehead atoms. The summed E-state index contributed by atoms with van der Waals surface area (Å²) in [7, 11) is 0. The van der Waals surface area contributed by atoms with Gasteiger partial charge in [0.1, 0.15) is 11.6 Å². The summed E-state index contributed by atoms with van der Waals surface area (Å²) in [5.74, 6) is -0.156. The van der Waals surface area contributed by atoms with Gasteiger partial charge in [0.2, 0.25) is 0 Å². The second kappa shape index (κ2) is 5.59. The van der Waals surface area contributed by atoms with Crippen molar-refractivity contribution >= 4 is 33.2 Å². The summed E-state index contributed by atoms with van der Waals surface area (Å²) in [6, 6.07) is 9.32. The van der Waals surface area contributed by atoms with E-state index in [4.69, 9.17) is 11.6 Å². The molecule has 0 saturated carbocycles. The minimum atomic E-state index is -0.339. The van der Waals surface area contributed by atoms with Gasteiger partial charge in [-0.1, -0.05) is 17.7 Å². The van der Waals surface area contributed by atoms with Gasteiger partial charge >= 0.3 is 0 Å². The van der Waals surface area contributed by atoms with Crippen LogP contribution in [0, 0.1) is 5.82 Å². The molecule has 2 N–H and O–H groups in total. The minimum absolute atomic E-state index is 0.183. The summed E-state index contributed by atoms with van der Waals surface area (Å²) in [6.45, 7) is 0.488. The highest BCUT2D eigenvalue weighted by molar-refractivity contribution is 9.10. The molecule has 0 aliphatic carbocycles. The number of rotatable bonds is 3. The van der Waals surface area contributed by atoms with Crippen LogP contribution in [0.2, 0.25) is 5.02 Å². The van der Waals surface area contributed by atoms with Crippen LogP contribution in [0.15, 0.2) is 40.9 Å². The van der Waals surface area contributed by atoms with E-state index in [1.807, 2.05) is 0 Å². The van der Waals surface area contributed by atoms with Crippen LogP contribution in [0.4, 0.5) is 10.1 Å². The standard InChI is InChI=1S/C13H10BrClFNO/c14-10-5-8(1-4-13(10)18)7-17-12-6-9(16)2-3-11(12)15/h1-6,17-18H,7H2. The maximum Gasteiger partial charge on any atom is 0.129 e. The van der Waals surface area contributed by atoms with Crippen LogP contribution in [0.5, 0.6) is 5.75 Å². The lowest BCUT2D eigenvalue weighted by Crippen LogP contribution is -2.00. The van der Waals surface area contributed by atoms with Gasteiger partial charge in [-0.3, -0.25) is 0 Å². The Morgan fingerprint density at radius 3 is 2.72 bits per heavy atom. The average Bonchev–Trinajstić information content (AvgIpc) is 2.34. The first-order valence-corrected chi connectivity index (χ1v) is 6.39. The number of benzene rings is 2. The van der Waals surface area contributed by atoms with Crippen molar-refractivity contribution in [2.45, 2.75) is 6.54 Å². The van der Waals surface area contributed by atoms with Crippen molar-refractivity contribution < 1.29 is 9.50 Å². The van der Waals surface area contributed by atoms with Crippen LogP contribution in [0.25, 0.3) is 0 Å². The van der Waals surface area contributed by atoms with E-state index < -0.39 is 0 Å². The van der Waals surface area contributed by atoms with E-state index in [-0.39, 0.29) is 11.6 Å². The van der Waals surface area contributed by atoms with Gasteiger partial charge in [0.05, 0.1) is 15.2 Å². The third-order valence-corrected chi connectivity index (χ3v) is 3.39. The molecule has 0 aromatic heterocycles. The highest BCUT2D eigenvalue weighted by atomic mass is 79.9. The first-order chi connectivity index (χ1) is 8.56. The monoisotopic (exact) mass is 329 g/mol. The number of aromatic hydroxyl groups is 1. The molecule has 0 fully saturated rings. The maximum atomic E-state index is 13.1. The lowest BCUT2D eigenvalue weighted by molar-refractivity contribution is 0.471. The molecule has 0 aliphatic heterocycles. The number of anilines is 1. The molecule has 0 amide bonds. The van der Waals surface area contributed by atoms with Crippen LogP contribution >= 0.6 is 27.5 Å². The predicted molar refractivity (Wildman–Crippen MR) is 74.5 cm³/mol. The molecule has 0 radical (unpaired) electrons. The number of phenols is 1. The lowest BCUT2D eigenvalue weighted by atomic mass is 10.2. The molecule has 0 unspecified atom stereocenters. The molecule has 5 heteroatoms. The van der Waals surface area contributed by atoms with Crippen LogP contribution in [-0.4, -0.2) is 5.11 Å². The molecule has 2 nitrogen and oxygen atoms in total. The van der Waals surface area contributed by atoms with Crippen molar-refractivity contribution in [3.63, 3.8) is 0 Å². The molecule has 0 aliphatic rings. The smallest absolute Gasteiger partial charge is 0.129 e. The van der Waals surface area contributed by atoms with Crippen molar-refractivity contribution in [3.05, 3.63) is 57.3 Å². The summed E-state index contributed by atoms with van der Waals surface area (Å²) in [5.41, 5.74) is 1.49. The highest BCUT2D eigenvalue weighted by Crippen LogP contribution is 2.26. The van der Waals surface area contributed by atoms with Gasteiger partial charge in [0.25, 0.3) is 0 Å².